The third-order valence-corrected chi connectivity index (χ3v) is 11.6. The molecule has 1 N–H and O–H groups in total. The van der Waals surface area contributed by atoms with E-state index in [2.05, 4.69) is 25.1 Å². The monoisotopic (exact) mass is 611 g/mol. The Morgan fingerprint density at radius 3 is 2.38 bits per heavy atom. The molecule has 5 aliphatic carbocycles. The Balaban J connectivity index is 1.13. The van der Waals surface area contributed by atoms with Crippen molar-refractivity contribution in [2.75, 3.05) is 18.6 Å². The van der Waals surface area contributed by atoms with Crippen molar-refractivity contribution in [2.24, 2.45) is 17.3 Å². The van der Waals surface area contributed by atoms with E-state index in [1.807, 2.05) is 17.0 Å². The average Bonchev–Trinajstić information content (AvgIpc) is 3.80. The molecule has 8 rings (SSSR count). The summed E-state index contributed by atoms with van der Waals surface area (Å²) in [6, 6.07) is 10.6. The highest BCUT2D eigenvalue weighted by Crippen LogP contribution is 2.58. The van der Waals surface area contributed by atoms with E-state index in [-0.39, 0.29) is 35.0 Å². The van der Waals surface area contributed by atoms with Gasteiger partial charge in [0.15, 0.2) is 5.89 Å². The second-order valence-corrected chi connectivity index (χ2v) is 14.5. The Bertz CT molecular complexity index is 1540. The first-order valence-electron chi connectivity index (χ1n) is 16.9. The fourth-order valence-corrected chi connectivity index (χ4v) is 8.49. The van der Waals surface area contributed by atoms with E-state index in [9.17, 15) is 14.7 Å². The lowest BCUT2D eigenvalue weighted by Crippen LogP contribution is -2.52. The molecule has 1 amide bonds. The van der Waals surface area contributed by atoms with Crippen molar-refractivity contribution in [2.45, 2.75) is 102 Å². The molecule has 2 heterocycles. The van der Waals surface area contributed by atoms with Gasteiger partial charge in [0.2, 0.25) is 5.91 Å². The lowest BCUT2D eigenvalue weighted by atomic mass is 9.51. The van der Waals surface area contributed by atoms with E-state index < -0.39 is 5.97 Å². The number of oxazole rings is 1. The molecule has 2 aromatic heterocycles. The van der Waals surface area contributed by atoms with Gasteiger partial charge in [-0.3, -0.25) is 14.5 Å². The Morgan fingerprint density at radius 2 is 1.73 bits per heavy atom. The molecule has 0 saturated heterocycles. The lowest BCUT2D eigenvalue weighted by molar-refractivity contribution is -0.138. The maximum absolute atomic E-state index is 14.4. The zero-order chi connectivity index (χ0) is 31.2. The summed E-state index contributed by atoms with van der Waals surface area (Å²) in [7, 11) is 1.73. The lowest BCUT2D eigenvalue weighted by Gasteiger charge is -2.55. The predicted molar refractivity (Wildman–Crippen MR) is 171 cm³/mol. The van der Waals surface area contributed by atoms with E-state index in [4.69, 9.17) is 19.1 Å². The zero-order valence-electron chi connectivity index (χ0n) is 26.6. The van der Waals surface area contributed by atoms with Gasteiger partial charge in [-0.25, -0.2) is 9.97 Å². The fraction of sp³-hybridized carbons (Fsp3) is 0.568. The van der Waals surface area contributed by atoms with Crippen molar-refractivity contribution < 1.29 is 23.8 Å². The quantitative estimate of drug-likeness (QED) is 0.249. The van der Waals surface area contributed by atoms with Crippen LogP contribution in [0.5, 0.6) is 5.75 Å². The van der Waals surface area contributed by atoms with Crippen LogP contribution in [0, 0.1) is 24.2 Å². The number of fused-ring (bicyclic) bond motifs is 3. The molecule has 3 aromatic rings. The minimum atomic E-state index is -0.750. The van der Waals surface area contributed by atoms with Crippen molar-refractivity contribution in [3.05, 3.63) is 59.8 Å². The van der Waals surface area contributed by atoms with Crippen molar-refractivity contribution in [3.8, 4) is 17.0 Å². The molecule has 5 saturated carbocycles. The number of carbonyl (C=O) groups is 2. The van der Waals surface area contributed by atoms with Crippen LogP contribution in [0.15, 0.2) is 47.2 Å². The number of hydrogen-bond donors (Lipinski definition) is 1. The van der Waals surface area contributed by atoms with Gasteiger partial charge in [0.1, 0.15) is 23.5 Å². The Kier molecular flexibility index (Phi) is 7.95. The molecular weight excluding hydrogens is 566 g/mol. The number of anilines is 1. The number of ether oxygens (including phenoxy) is 1. The first-order valence-corrected chi connectivity index (χ1v) is 16.9. The summed E-state index contributed by atoms with van der Waals surface area (Å²) in [5.41, 5.74) is 4.56. The van der Waals surface area contributed by atoms with Gasteiger partial charge in [-0.15, -0.1) is 0 Å². The van der Waals surface area contributed by atoms with E-state index in [1.165, 1.54) is 11.1 Å². The normalized spacial score (nSPS) is 27.7. The summed E-state index contributed by atoms with van der Waals surface area (Å²) < 4.78 is 11.3. The number of rotatable bonds is 10. The molecule has 45 heavy (non-hydrogen) atoms. The number of benzene rings is 1. The van der Waals surface area contributed by atoms with Crippen molar-refractivity contribution in [1.82, 2.24) is 9.97 Å². The number of hydrogen-bond acceptors (Lipinski definition) is 6. The van der Waals surface area contributed by atoms with Crippen LogP contribution in [0.4, 0.5) is 5.82 Å². The number of amides is 1. The van der Waals surface area contributed by atoms with Crippen LogP contribution < -0.4 is 9.64 Å². The van der Waals surface area contributed by atoms with Crippen molar-refractivity contribution >= 4 is 17.7 Å². The van der Waals surface area contributed by atoms with Crippen LogP contribution in [-0.4, -0.2) is 40.6 Å². The standard InChI is InChI=1S/C37H45N3O5/c1-24-19-29(9-10-31(24)44-2)37-15-12-36(13-16-37,14-17-37)23-40(35(43)27-5-3-25(4-6-27)20-33(41)42)32-21-28(11-18-38-32)30-22-45-34(39-30)26-7-8-26/h9-11,18-19,21-22,25-27H,3-8,12-17,20,23H2,1-2H3,(H,41,42). The van der Waals surface area contributed by atoms with Gasteiger partial charge in [-0.2, -0.15) is 0 Å². The first-order chi connectivity index (χ1) is 21.8. The third-order valence-electron chi connectivity index (χ3n) is 11.6. The molecule has 5 aliphatic rings. The SMILES string of the molecule is COc1ccc(C23CCC(CN(C(=O)C4CCC(CC(=O)O)CC4)c4cc(-c5coc(C6CC6)n5)ccn4)(CC2)CC3)cc1C. The minimum Gasteiger partial charge on any atom is -0.496 e. The molecular formula is C37H45N3O5. The minimum absolute atomic E-state index is 0.0597. The van der Waals surface area contributed by atoms with Crippen LogP contribution in [0.25, 0.3) is 11.3 Å². The number of aliphatic carboxylic acids is 1. The number of carboxylic acids is 1. The highest BCUT2D eigenvalue weighted by atomic mass is 16.5. The predicted octanol–water partition coefficient (Wildman–Crippen LogP) is 7.84. The van der Waals surface area contributed by atoms with Crippen LogP contribution in [0.1, 0.15) is 106 Å². The summed E-state index contributed by atoms with van der Waals surface area (Å²) in [5, 5.41) is 9.30. The van der Waals surface area contributed by atoms with E-state index >= 15 is 0 Å². The summed E-state index contributed by atoms with van der Waals surface area (Å²) in [6.45, 7) is 2.79. The second-order valence-electron chi connectivity index (χ2n) is 14.5. The molecule has 238 valence electrons. The molecule has 0 atom stereocenters. The number of carboxylic acid groups (broad SMARTS) is 1. The molecule has 5 fully saturated rings. The topological polar surface area (TPSA) is 106 Å². The van der Waals surface area contributed by atoms with Gasteiger partial charge < -0.3 is 14.3 Å². The van der Waals surface area contributed by atoms with E-state index in [0.29, 0.717) is 18.3 Å². The molecule has 0 aliphatic heterocycles. The molecule has 2 bridgehead atoms. The van der Waals surface area contributed by atoms with Gasteiger partial charge in [0.05, 0.1) is 7.11 Å². The molecule has 0 radical (unpaired) electrons. The van der Waals surface area contributed by atoms with Gasteiger partial charge in [-0.05, 0) is 130 Å². The van der Waals surface area contributed by atoms with Gasteiger partial charge in [0, 0.05) is 36.6 Å². The Hall–Kier alpha value is -3.68. The molecule has 8 nitrogen and oxygen atoms in total. The van der Waals surface area contributed by atoms with E-state index in [1.54, 1.807) is 19.6 Å². The summed E-state index contributed by atoms with van der Waals surface area (Å²) in [6.07, 6.45) is 15.6. The van der Waals surface area contributed by atoms with Crippen molar-refractivity contribution in [1.29, 1.82) is 0 Å². The maximum atomic E-state index is 14.4. The second kappa shape index (κ2) is 11.9. The van der Waals surface area contributed by atoms with Crippen LogP contribution in [0.3, 0.4) is 0 Å². The highest BCUT2D eigenvalue weighted by Gasteiger charge is 2.51. The zero-order valence-corrected chi connectivity index (χ0v) is 26.6. The summed E-state index contributed by atoms with van der Waals surface area (Å²) in [4.78, 5) is 37.3. The Labute approximate surface area is 265 Å². The number of methoxy groups -OCH3 is 1. The van der Waals surface area contributed by atoms with Gasteiger partial charge in [0.25, 0.3) is 0 Å². The van der Waals surface area contributed by atoms with Gasteiger partial charge in [-0.1, -0.05) is 12.1 Å². The molecule has 0 unspecified atom stereocenters. The molecule has 1 aromatic carbocycles. The highest BCUT2D eigenvalue weighted by molar-refractivity contribution is 5.95. The van der Waals surface area contributed by atoms with Gasteiger partial charge >= 0.3 is 5.97 Å². The van der Waals surface area contributed by atoms with Crippen LogP contribution >= 0.6 is 0 Å². The fourth-order valence-electron chi connectivity index (χ4n) is 8.49. The third kappa shape index (κ3) is 6.00. The first kappa shape index (κ1) is 30.0. The van der Waals surface area contributed by atoms with Crippen LogP contribution in [-0.2, 0) is 15.0 Å². The summed E-state index contributed by atoms with van der Waals surface area (Å²) in [5.74, 6) is 2.27. The number of aromatic nitrogens is 2. The van der Waals surface area contributed by atoms with Crippen LogP contribution in [0.2, 0.25) is 0 Å². The Morgan fingerprint density at radius 1 is 1.00 bits per heavy atom. The number of aryl methyl sites for hydroxylation is 1. The van der Waals surface area contributed by atoms with E-state index in [0.717, 1.165) is 99.9 Å². The largest absolute Gasteiger partial charge is 0.496 e. The average molecular weight is 612 g/mol. The molecule has 0 spiro atoms. The summed E-state index contributed by atoms with van der Waals surface area (Å²) >= 11 is 0. The maximum Gasteiger partial charge on any atom is 0.303 e. The number of pyridine rings is 1. The van der Waals surface area contributed by atoms with Crippen molar-refractivity contribution in [3.63, 3.8) is 0 Å². The number of carbonyl (C=O) groups excluding carboxylic acids is 1. The number of nitrogens with zero attached hydrogens (tertiary/aromatic N) is 3. The molecule has 8 heteroatoms. The smallest absolute Gasteiger partial charge is 0.303 e.